The lowest BCUT2D eigenvalue weighted by Crippen LogP contribution is -2.49. The van der Waals surface area contributed by atoms with Gasteiger partial charge in [-0.05, 0) is 38.1 Å². The predicted molar refractivity (Wildman–Crippen MR) is 101 cm³/mol. The number of carbonyl (C=O) groups excluding carboxylic acids is 2. The molecule has 25 heavy (non-hydrogen) atoms. The maximum absolute atomic E-state index is 12.6. The van der Waals surface area contributed by atoms with Crippen LogP contribution in [0, 0.1) is 13.8 Å². The summed E-state index contributed by atoms with van der Waals surface area (Å²) in [5.74, 6) is 0.179. The second kappa shape index (κ2) is 7.54. The monoisotopic (exact) mass is 403 g/mol. The minimum atomic E-state index is 0.0457. The third kappa shape index (κ3) is 4.19. The Balaban J connectivity index is 1.56. The van der Waals surface area contributed by atoms with Crippen molar-refractivity contribution >= 4 is 27.6 Å². The molecule has 0 radical (unpaired) electrons. The van der Waals surface area contributed by atoms with E-state index in [1.165, 1.54) is 0 Å². The van der Waals surface area contributed by atoms with Crippen molar-refractivity contribution < 1.29 is 9.59 Å². The second-order valence-corrected chi connectivity index (χ2v) is 7.41. The molecule has 1 aliphatic rings. The maximum Gasteiger partial charge on any atom is 0.253 e. The smallest absolute Gasteiger partial charge is 0.253 e. The molecule has 5 nitrogen and oxygen atoms in total. The van der Waals surface area contributed by atoms with Gasteiger partial charge in [0.05, 0.1) is 6.54 Å². The van der Waals surface area contributed by atoms with E-state index in [1.54, 1.807) is 0 Å². The summed E-state index contributed by atoms with van der Waals surface area (Å²) in [5.41, 5.74) is 3.39. The summed E-state index contributed by atoms with van der Waals surface area (Å²) in [6, 6.07) is 9.36. The zero-order valence-electron chi connectivity index (χ0n) is 14.5. The number of carbonyl (C=O) groups is 2. The van der Waals surface area contributed by atoms with Crippen LogP contribution in [0.3, 0.4) is 0 Å². The Morgan fingerprint density at radius 2 is 1.84 bits per heavy atom. The van der Waals surface area contributed by atoms with Crippen molar-refractivity contribution in [2.45, 2.75) is 13.8 Å². The highest BCUT2D eigenvalue weighted by Gasteiger charge is 2.24. The fourth-order valence-corrected chi connectivity index (χ4v) is 3.61. The van der Waals surface area contributed by atoms with Crippen molar-refractivity contribution in [1.29, 1.82) is 0 Å². The van der Waals surface area contributed by atoms with Gasteiger partial charge >= 0.3 is 0 Å². The highest BCUT2D eigenvalue weighted by Crippen LogP contribution is 2.16. The number of piperazine rings is 1. The van der Waals surface area contributed by atoms with E-state index in [1.807, 2.05) is 49.1 Å². The molecule has 3 rings (SSSR count). The van der Waals surface area contributed by atoms with Gasteiger partial charge in [-0.2, -0.15) is 0 Å². The Morgan fingerprint density at radius 1 is 1.12 bits per heavy atom. The normalized spacial score (nSPS) is 15.4. The van der Waals surface area contributed by atoms with Crippen LogP contribution in [0.15, 0.2) is 34.8 Å². The molecule has 6 heteroatoms. The van der Waals surface area contributed by atoms with E-state index in [-0.39, 0.29) is 11.7 Å². The van der Waals surface area contributed by atoms with Crippen LogP contribution in [0.4, 0.5) is 0 Å². The van der Waals surface area contributed by atoms with E-state index < -0.39 is 0 Å². The lowest BCUT2D eigenvalue weighted by molar-refractivity contribution is 0.0624. The van der Waals surface area contributed by atoms with E-state index in [9.17, 15) is 9.59 Å². The third-order valence-electron chi connectivity index (χ3n) is 4.55. The van der Waals surface area contributed by atoms with Crippen LogP contribution in [0.1, 0.15) is 32.1 Å². The number of benzene rings is 1. The van der Waals surface area contributed by atoms with Gasteiger partial charge in [0.1, 0.15) is 0 Å². The first-order valence-corrected chi connectivity index (χ1v) is 9.20. The molecule has 1 aliphatic heterocycles. The van der Waals surface area contributed by atoms with Crippen LogP contribution < -0.4 is 0 Å². The van der Waals surface area contributed by atoms with Gasteiger partial charge in [0.2, 0.25) is 0 Å². The molecule has 132 valence electrons. The Labute approximate surface area is 156 Å². The number of nitrogens with zero attached hydrogens (tertiary/aromatic N) is 2. The van der Waals surface area contributed by atoms with Gasteiger partial charge < -0.3 is 9.88 Å². The summed E-state index contributed by atoms with van der Waals surface area (Å²) in [4.78, 5) is 32.2. The first-order valence-electron chi connectivity index (χ1n) is 8.40. The minimum Gasteiger partial charge on any atom is -0.362 e. The average molecular weight is 404 g/mol. The maximum atomic E-state index is 12.6. The fraction of sp³-hybridized carbons (Fsp3) is 0.368. The molecular formula is C19H22BrN3O2. The largest absolute Gasteiger partial charge is 0.362 e. The summed E-state index contributed by atoms with van der Waals surface area (Å²) >= 11 is 3.40. The molecule has 1 aromatic carbocycles. The Hall–Kier alpha value is -1.92. The van der Waals surface area contributed by atoms with Crippen LogP contribution in [0.25, 0.3) is 0 Å². The standard InChI is InChI=1S/C19H22BrN3O2/c1-13-10-17(14(2)21-13)18(24)12-22-6-8-23(9-7-22)19(25)15-4-3-5-16(20)11-15/h3-5,10-11,21H,6-9,12H2,1-2H3. The molecule has 1 aromatic heterocycles. The molecule has 0 bridgehead atoms. The van der Waals surface area contributed by atoms with Gasteiger partial charge in [0, 0.05) is 53.2 Å². The number of H-pyrrole nitrogens is 1. The first-order chi connectivity index (χ1) is 11.9. The van der Waals surface area contributed by atoms with E-state index >= 15 is 0 Å². The molecule has 0 unspecified atom stereocenters. The zero-order valence-corrected chi connectivity index (χ0v) is 16.1. The summed E-state index contributed by atoms with van der Waals surface area (Å²) < 4.78 is 0.903. The van der Waals surface area contributed by atoms with Crippen molar-refractivity contribution in [3.8, 4) is 0 Å². The number of hydrogen-bond acceptors (Lipinski definition) is 3. The average Bonchev–Trinajstić information content (AvgIpc) is 2.93. The van der Waals surface area contributed by atoms with E-state index in [0.717, 1.165) is 21.4 Å². The number of rotatable bonds is 4. The predicted octanol–water partition coefficient (Wildman–Crippen LogP) is 3.03. The number of Topliss-reactive ketones (excluding diaryl/α,β-unsaturated/α-hetero) is 1. The number of aromatic amines is 1. The van der Waals surface area contributed by atoms with E-state index in [4.69, 9.17) is 0 Å². The van der Waals surface area contributed by atoms with Crippen molar-refractivity contribution in [3.63, 3.8) is 0 Å². The van der Waals surface area contributed by atoms with Crippen LogP contribution in [-0.2, 0) is 0 Å². The van der Waals surface area contributed by atoms with Crippen LogP contribution in [0.5, 0.6) is 0 Å². The molecule has 1 amide bonds. The molecule has 0 atom stereocenters. The minimum absolute atomic E-state index is 0.0457. The molecular weight excluding hydrogens is 382 g/mol. The Bertz CT molecular complexity index is 792. The summed E-state index contributed by atoms with van der Waals surface area (Å²) in [7, 11) is 0. The molecule has 2 aromatic rings. The topological polar surface area (TPSA) is 56.4 Å². The van der Waals surface area contributed by atoms with Gasteiger partial charge in [0.25, 0.3) is 5.91 Å². The van der Waals surface area contributed by atoms with Crippen molar-refractivity contribution in [2.75, 3.05) is 32.7 Å². The summed E-state index contributed by atoms with van der Waals surface area (Å²) in [5, 5.41) is 0. The lowest BCUT2D eigenvalue weighted by Gasteiger charge is -2.34. The van der Waals surface area contributed by atoms with Gasteiger partial charge in [-0.3, -0.25) is 14.5 Å². The number of hydrogen-bond donors (Lipinski definition) is 1. The summed E-state index contributed by atoms with van der Waals surface area (Å²) in [6.07, 6.45) is 0. The van der Waals surface area contributed by atoms with Gasteiger partial charge in [0.15, 0.2) is 5.78 Å². The van der Waals surface area contributed by atoms with Gasteiger partial charge in [-0.1, -0.05) is 22.0 Å². The van der Waals surface area contributed by atoms with Crippen LogP contribution in [-0.4, -0.2) is 59.2 Å². The van der Waals surface area contributed by atoms with Crippen molar-refractivity contribution in [3.05, 3.63) is 57.3 Å². The van der Waals surface area contributed by atoms with E-state index in [0.29, 0.717) is 38.3 Å². The second-order valence-electron chi connectivity index (χ2n) is 6.49. The zero-order chi connectivity index (χ0) is 18.0. The molecule has 2 heterocycles. The highest BCUT2D eigenvalue weighted by molar-refractivity contribution is 9.10. The third-order valence-corrected chi connectivity index (χ3v) is 5.04. The SMILES string of the molecule is Cc1cc(C(=O)CN2CCN(C(=O)c3cccc(Br)c3)CC2)c(C)[nH]1. The molecule has 0 spiro atoms. The molecule has 1 fully saturated rings. The molecule has 1 saturated heterocycles. The fourth-order valence-electron chi connectivity index (χ4n) is 3.21. The highest BCUT2D eigenvalue weighted by atomic mass is 79.9. The number of amides is 1. The van der Waals surface area contributed by atoms with Gasteiger partial charge in [-0.25, -0.2) is 0 Å². The number of aryl methyl sites for hydroxylation is 2. The van der Waals surface area contributed by atoms with Crippen molar-refractivity contribution in [2.24, 2.45) is 0 Å². The number of aromatic nitrogens is 1. The van der Waals surface area contributed by atoms with Gasteiger partial charge in [-0.15, -0.1) is 0 Å². The number of nitrogens with one attached hydrogen (secondary N) is 1. The summed E-state index contributed by atoms with van der Waals surface area (Å²) in [6.45, 7) is 7.00. The molecule has 1 N–H and O–H groups in total. The van der Waals surface area contributed by atoms with E-state index in [2.05, 4.69) is 25.8 Å². The van der Waals surface area contributed by atoms with Crippen LogP contribution in [0.2, 0.25) is 0 Å². The quantitative estimate of drug-likeness (QED) is 0.798. The van der Waals surface area contributed by atoms with Crippen molar-refractivity contribution in [1.82, 2.24) is 14.8 Å². The number of halogens is 1. The Morgan fingerprint density at radius 3 is 2.44 bits per heavy atom. The first kappa shape index (κ1) is 17.9. The van der Waals surface area contributed by atoms with Crippen LogP contribution >= 0.6 is 15.9 Å². The number of ketones is 1. The lowest BCUT2D eigenvalue weighted by atomic mass is 10.1. The Kier molecular flexibility index (Phi) is 5.39. The molecule has 0 aliphatic carbocycles. The molecule has 0 saturated carbocycles.